The molecule has 0 heterocycles. The Morgan fingerprint density at radius 3 is 1.64 bits per heavy atom. The van der Waals surface area contributed by atoms with Crippen molar-refractivity contribution >= 4 is 8.07 Å². The average Bonchev–Trinajstić information content (AvgIpc) is 2.19. The molecule has 0 fully saturated rings. The van der Waals surface area contributed by atoms with Crippen LogP contribution in [0.4, 0.5) is 0 Å². The van der Waals surface area contributed by atoms with Crippen molar-refractivity contribution in [2.24, 2.45) is 0 Å². The maximum absolute atomic E-state index is 4.05. The number of hydrogen-bond donors (Lipinski definition) is 0. The van der Waals surface area contributed by atoms with E-state index >= 15 is 0 Å². The van der Waals surface area contributed by atoms with E-state index < -0.39 is 8.07 Å². The summed E-state index contributed by atoms with van der Waals surface area (Å²) in [5, 5.41) is 0. The van der Waals surface area contributed by atoms with Gasteiger partial charge >= 0.3 is 0 Å². The van der Waals surface area contributed by atoms with Gasteiger partial charge in [0.15, 0.2) is 0 Å². The Bertz CT molecular complexity index is 130. The van der Waals surface area contributed by atoms with Crippen LogP contribution in [0.15, 0.2) is 12.3 Å². The standard InChI is InChI=1S/C13H28Si/c1-5-8-10-12-14(4,7-3)13-11-9-6-2/h7H,3,5-6,8-13H2,1-2,4H3. The van der Waals surface area contributed by atoms with Gasteiger partial charge in [0.1, 0.15) is 0 Å². The quantitative estimate of drug-likeness (QED) is 0.365. The van der Waals surface area contributed by atoms with E-state index in [2.05, 4.69) is 32.7 Å². The van der Waals surface area contributed by atoms with Crippen molar-refractivity contribution in [2.45, 2.75) is 71.0 Å². The van der Waals surface area contributed by atoms with Crippen molar-refractivity contribution in [3.8, 4) is 0 Å². The average molecular weight is 212 g/mol. The Labute approximate surface area is 91.8 Å². The van der Waals surface area contributed by atoms with E-state index in [-0.39, 0.29) is 0 Å². The SMILES string of the molecule is C=C[Si](C)(CCCCC)CCCCC. The zero-order valence-electron chi connectivity index (χ0n) is 10.4. The molecule has 0 unspecified atom stereocenters. The van der Waals surface area contributed by atoms with E-state index in [1.807, 2.05) is 0 Å². The van der Waals surface area contributed by atoms with Crippen LogP contribution < -0.4 is 0 Å². The van der Waals surface area contributed by atoms with Crippen molar-refractivity contribution in [1.82, 2.24) is 0 Å². The van der Waals surface area contributed by atoms with Crippen LogP contribution in [0.1, 0.15) is 52.4 Å². The molecule has 0 aliphatic carbocycles. The molecule has 0 rings (SSSR count). The highest BCUT2D eigenvalue weighted by Crippen LogP contribution is 2.23. The third kappa shape index (κ3) is 6.42. The summed E-state index contributed by atoms with van der Waals surface area (Å²) < 4.78 is 0. The van der Waals surface area contributed by atoms with Crippen LogP contribution in [-0.4, -0.2) is 8.07 Å². The van der Waals surface area contributed by atoms with E-state index in [4.69, 9.17) is 0 Å². The van der Waals surface area contributed by atoms with Crippen LogP contribution in [0.3, 0.4) is 0 Å². The molecule has 0 N–H and O–H groups in total. The Hall–Kier alpha value is -0.0431. The van der Waals surface area contributed by atoms with Gasteiger partial charge in [-0.3, -0.25) is 0 Å². The maximum atomic E-state index is 4.05. The summed E-state index contributed by atoms with van der Waals surface area (Å²) in [5.41, 5.74) is 2.32. The van der Waals surface area contributed by atoms with Crippen molar-refractivity contribution < 1.29 is 0 Å². The van der Waals surface area contributed by atoms with Gasteiger partial charge in [0.2, 0.25) is 0 Å². The molecule has 0 aromatic heterocycles. The molecule has 84 valence electrons. The number of rotatable bonds is 9. The number of hydrogen-bond acceptors (Lipinski definition) is 0. The summed E-state index contributed by atoms with van der Waals surface area (Å²) >= 11 is 0. The van der Waals surface area contributed by atoms with E-state index in [9.17, 15) is 0 Å². The molecular formula is C13H28Si. The molecule has 0 atom stereocenters. The molecule has 0 aromatic carbocycles. The second kappa shape index (κ2) is 8.28. The first-order valence-corrected chi connectivity index (χ1v) is 9.31. The lowest BCUT2D eigenvalue weighted by atomic mass is 10.3. The fraction of sp³-hybridized carbons (Fsp3) is 0.846. The van der Waals surface area contributed by atoms with Gasteiger partial charge in [-0.25, -0.2) is 0 Å². The zero-order valence-corrected chi connectivity index (χ0v) is 11.4. The van der Waals surface area contributed by atoms with E-state index in [1.54, 1.807) is 0 Å². The Morgan fingerprint density at radius 2 is 1.36 bits per heavy atom. The Balaban J connectivity index is 3.73. The predicted octanol–water partition coefficient (Wildman–Crippen LogP) is 5.17. The summed E-state index contributed by atoms with van der Waals surface area (Å²) in [6.07, 6.45) is 8.36. The molecule has 0 aliphatic heterocycles. The van der Waals surface area contributed by atoms with Crippen molar-refractivity contribution in [2.75, 3.05) is 0 Å². The normalized spacial score (nSPS) is 11.6. The molecule has 0 amide bonds. The van der Waals surface area contributed by atoms with Crippen LogP contribution in [0.2, 0.25) is 18.6 Å². The molecule has 0 saturated heterocycles. The first kappa shape index (κ1) is 14.0. The van der Waals surface area contributed by atoms with Gasteiger partial charge in [-0.05, 0) is 0 Å². The molecule has 14 heavy (non-hydrogen) atoms. The van der Waals surface area contributed by atoms with Gasteiger partial charge in [-0.15, -0.1) is 12.3 Å². The third-order valence-corrected chi connectivity index (χ3v) is 7.17. The van der Waals surface area contributed by atoms with Crippen molar-refractivity contribution in [1.29, 1.82) is 0 Å². The summed E-state index contributed by atoms with van der Waals surface area (Å²) in [6, 6.07) is 2.93. The summed E-state index contributed by atoms with van der Waals surface area (Å²) in [5.74, 6) is 0. The smallest absolute Gasteiger partial charge is 0.0740 e. The molecule has 0 spiro atoms. The molecule has 0 radical (unpaired) electrons. The highest BCUT2D eigenvalue weighted by atomic mass is 28.3. The lowest BCUT2D eigenvalue weighted by Gasteiger charge is -2.23. The number of unbranched alkanes of at least 4 members (excludes halogenated alkanes) is 4. The largest absolute Gasteiger partial charge is 0.107 e. The van der Waals surface area contributed by atoms with Crippen LogP contribution >= 0.6 is 0 Å². The second-order valence-electron chi connectivity index (χ2n) is 4.77. The van der Waals surface area contributed by atoms with Gasteiger partial charge < -0.3 is 0 Å². The van der Waals surface area contributed by atoms with Gasteiger partial charge in [0, 0.05) is 0 Å². The molecule has 0 saturated carbocycles. The van der Waals surface area contributed by atoms with Crippen LogP contribution in [0.25, 0.3) is 0 Å². The maximum Gasteiger partial charge on any atom is 0.0740 e. The van der Waals surface area contributed by atoms with Crippen LogP contribution in [0.5, 0.6) is 0 Å². The summed E-state index contributed by atoms with van der Waals surface area (Å²) in [4.78, 5) is 0. The van der Waals surface area contributed by atoms with Crippen molar-refractivity contribution in [3.05, 3.63) is 12.3 Å². The minimum Gasteiger partial charge on any atom is -0.107 e. The molecule has 0 aromatic rings. The molecule has 0 bridgehead atoms. The van der Waals surface area contributed by atoms with Gasteiger partial charge in [-0.2, -0.15) is 0 Å². The lowest BCUT2D eigenvalue weighted by molar-refractivity contribution is 0.742. The zero-order chi connectivity index (χ0) is 10.9. The molecular weight excluding hydrogens is 184 g/mol. The minimum atomic E-state index is -1.03. The van der Waals surface area contributed by atoms with Gasteiger partial charge in [-0.1, -0.05) is 71.0 Å². The van der Waals surface area contributed by atoms with Crippen LogP contribution in [0, 0.1) is 0 Å². The first-order valence-electron chi connectivity index (χ1n) is 6.32. The van der Waals surface area contributed by atoms with Gasteiger partial charge in [0.25, 0.3) is 0 Å². The minimum absolute atomic E-state index is 1.03. The lowest BCUT2D eigenvalue weighted by Crippen LogP contribution is -2.26. The summed E-state index contributed by atoms with van der Waals surface area (Å²) in [6.45, 7) is 11.1. The molecule has 0 nitrogen and oxygen atoms in total. The Morgan fingerprint density at radius 1 is 0.929 bits per heavy atom. The summed E-state index contributed by atoms with van der Waals surface area (Å²) in [7, 11) is -1.03. The van der Waals surface area contributed by atoms with E-state index in [1.165, 1.54) is 50.6 Å². The third-order valence-electron chi connectivity index (χ3n) is 3.20. The predicted molar refractivity (Wildman–Crippen MR) is 70.5 cm³/mol. The molecule has 0 aliphatic rings. The van der Waals surface area contributed by atoms with E-state index in [0.717, 1.165) is 0 Å². The Kier molecular flexibility index (Phi) is 8.25. The first-order chi connectivity index (χ1) is 6.68. The van der Waals surface area contributed by atoms with Crippen molar-refractivity contribution in [3.63, 3.8) is 0 Å². The van der Waals surface area contributed by atoms with E-state index in [0.29, 0.717) is 0 Å². The highest BCUT2D eigenvalue weighted by molar-refractivity contribution is 6.83. The fourth-order valence-corrected chi connectivity index (χ4v) is 4.66. The molecule has 1 heteroatoms. The highest BCUT2D eigenvalue weighted by Gasteiger charge is 2.21. The van der Waals surface area contributed by atoms with Gasteiger partial charge in [0.05, 0.1) is 8.07 Å². The monoisotopic (exact) mass is 212 g/mol. The van der Waals surface area contributed by atoms with Crippen LogP contribution in [-0.2, 0) is 0 Å². The topological polar surface area (TPSA) is 0 Å². The second-order valence-corrected chi connectivity index (χ2v) is 9.49. The fourth-order valence-electron chi connectivity index (χ4n) is 1.89.